The zero-order valence-corrected chi connectivity index (χ0v) is 48.3. The van der Waals surface area contributed by atoms with Crippen LogP contribution in [-0.2, 0) is 38.4 Å². The Hall–Kier alpha value is -8.71. The fraction of sp³-hybridized carbons (Fsp3) is 0.338. The Labute approximate surface area is 492 Å². The molecule has 11 rings (SSSR count). The minimum atomic E-state index is -0.728. The van der Waals surface area contributed by atoms with E-state index in [1.165, 1.54) is 20.1 Å². The first-order valence-electron chi connectivity index (χ1n) is 29.8. The molecule has 84 heavy (non-hydrogen) atoms. The number of phenols is 3. The molecule has 5 N–H and O–H groups in total. The number of rotatable bonds is 12. The maximum atomic E-state index is 15.1. The topological polar surface area (TPSA) is 176 Å². The standard InChI is InChI=1S/C71H76N4O9/c1-46-14-10-11-26-71(46)27-23-60(83-47(2)76)38-59(79)40-65(54-35-67(81)70(68(36-54)82-3)84-61-32-49(31-58(78)39-61)30-48-15-6-4-7-16-48)74-44-53-20-13-22-64(63(53)45-74)75(29-25-66(80)50-17-8-5-9-18-50)69-37-52(24-28-73-69)62(51-19-12-21-57(77)33-51)34-55-42-72-43-56(55)41-71/h4,6-7,10-16,19-22,24,26,31-33,35-37,39,42-46,50,60,62,65,72-73,77-78,81H,5,8-9,17-18,23,25,27-30,34,38,40-41H2,1-3H3/t46-,60+,62-,65-,71-/m0/s1. The number of carbonyl (C=O) groups excluding carboxylic acids is 3. The number of Topliss-reactive ketones (excluding diaryl/α,β-unsaturated/α-hetero) is 2. The van der Waals surface area contributed by atoms with Gasteiger partial charge >= 0.3 is 5.97 Å². The minimum Gasteiger partial charge on any atom is -0.508 e. The molecule has 7 aromatic rings. The maximum Gasteiger partial charge on any atom is 0.302 e. The van der Waals surface area contributed by atoms with Gasteiger partial charge in [0.25, 0.3) is 0 Å². The van der Waals surface area contributed by atoms with Gasteiger partial charge in [-0.15, -0.1) is 0 Å². The summed E-state index contributed by atoms with van der Waals surface area (Å²) >= 11 is 0. The van der Waals surface area contributed by atoms with Crippen molar-refractivity contribution in [2.75, 3.05) is 25.1 Å². The molecule has 2 aliphatic carbocycles. The van der Waals surface area contributed by atoms with E-state index < -0.39 is 23.5 Å². The fourth-order valence-electron chi connectivity index (χ4n) is 13.4. The number of aromatic amines is 1. The monoisotopic (exact) mass is 1130 g/mol. The molecule has 2 aromatic heterocycles. The number of benzene rings is 5. The number of nitrogens with zero attached hydrogens (tertiary/aromatic N) is 2. The lowest BCUT2D eigenvalue weighted by Crippen LogP contribution is -2.36. The molecule has 1 saturated carbocycles. The number of methoxy groups -OCH3 is 1. The van der Waals surface area contributed by atoms with Gasteiger partial charge in [0.15, 0.2) is 11.5 Å². The van der Waals surface area contributed by atoms with Crippen LogP contribution in [0.25, 0.3) is 10.8 Å². The van der Waals surface area contributed by atoms with Crippen LogP contribution in [-0.4, -0.2) is 68.7 Å². The van der Waals surface area contributed by atoms with Gasteiger partial charge in [-0.1, -0.05) is 111 Å². The van der Waals surface area contributed by atoms with E-state index in [0.717, 1.165) is 87.8 Å². The number of allylic oxidation sites excluding steroid dienone is 6. The maximum absolute atomic E-state index is 15.1. The third kappa shape index (κ3) is 13.1. The molecule has 1 fully saturated rings. The fourth-order valence-corrected chi connectivity index (χ4v) is 13.4. The minimum absolute atomic E-state index is 0.00259. The molecule has 434 valence electrons. The Bertz CT molecular complexity index is 3660. The Morgan fingerprint density at radius 3 is 2.42 bits per heavy atom. The lowest BCUT2D eigenvalue weighted by atomic mass is 9.66. The van der Waals surface area contributed by atoms with Gasteiger partial charge in [-0.25, -0.2) is 0 Å². The molecule has 1 spiro atoms. The molecule has 0 radical (unpaired) electrons. The predicted octanol–water partition coefficient (Wildman–Crippen LogP) is 14.2. The number of anilines is 1. The van der Waals surface area contributed by atoms with Crippen molar-refractivity contribution >= 4 is 34.0 Å². The Morgan fingerprint density at radius 1 is 0.798 bits per heavy atom. The van der Waals surface area contributed by atoms with Crippen molar-refractivity contribution in [2.24, 2.45) is 17.3 Å². The van der Waals surface area contributed by atoms with Crippen LogP contribution in [0.5, 0.6) is 34.5 Å². The number of aromatic nitrogens is 2. The second-order valence-corrected chi connectivity index (χ2v) is 23.5. The number of esters is 1. The van der Waals surface area contributed by atoms with Gasteiger partial charge in [0.2, 0.25) is 5.75 Å². The molecular formula is C71H76N4O9. The average Bonchev–Trinajstić information content (AvgIpc) is 4.27. The number of H-pyrrole nitrogens is 1. The number of hydrogen-bond donors (Lipinski definition) is 5. The van der Waals surface area contributed by atoms with Gasteiger partial charge in [0.1, 0.15) is 40.7 Å². The van der Waals surface area contributed by atoms with Crippen LogP contribution in [0.4, 0.5) is 5.69 Å². The van der Waals surface area contributed by atoms with Crippen LogP contribution in [0.1, 0.15) is 123 Å². The number of phenolic OH excluding ortho intramolecular Hbond substituents is 3. The normalized spacial score (nSPS) is 21.5. The highest BCUT2D eigenvalue weighted by Gasteiger charge is 2.37. The van der Waals surface area contributed by atoms with Crippen molar-refractivity contribution in [3.63, 3.8) is 0 Å². The number of nitrogens with one attached hydrogen (secondary N) is 2. The molecule has 13 heteroatoms. The number of ether oxygens (including phenoxy) is 3. The molecular weight excluding hydrogens is 1050 g/mol. The van der Waals surface area contributed by atoms with Gasteiger partial charge in [0.05, 0.1) is 18.8 Å². The first-order chi connectivity index (χ1) is 40.8. The summed E-state index contributed by atoms with van der Waals surface area (Å²) in [5, 5.41) is 39.5. The molecule has 5 atom stereocenters. The van der Waals surface area contributed by atoms with E-state index in [4.69, 9.17) is 14.2 Å². The van der Waals surface area contributed by atoms with Crippen LogP contribution in [0, 0.1) is 17.3 Å². The van der Waals surface area contributed by atoms with Gasteiger partial charge in [-0.2, -0.15) is 0 Å². The van der Waals surface area contributed by atoms with Crippen LogP contribution in [0.3, 0.4) is 0 Å². The summed E-state index contributed by atoms with van der Waals surface area (Å²) in [5.74, 6) is 0.956. The summed E-state index contributed by atoms with van der Waals surface area (Å²) in [5.41, 5.74) is 7.24. The van der Waals surface area contributed by atoms with Crippen molar-refractivity contribution in [1.82, 2.24) is 14.9 Å². The Balaban J connectivity index is 1.04. The number of aromatic hydroxyl groups is 3. The molecule has 13 nitrogen and oxygen atoms in total. The smallest absolute Gasteiger partial charge is 0.302 e. The highest BCUT2D eigenvalue weighted by Crippen LogP contribution is 2.47. The van der Waals surface area contributed by atoms with Crippen LogP contribution in [0.2, 0.25) is 0 Å². The lowest BCUT2D eigenvalue weighted by Gasteiger charge is -2.38. The quantitative estimate of drug-likeness (QED) is 0.0736. The van der Waals surface area contributed by atoms with E-state index in [1.54, 1.807) is 24.3 Å². The van der Waals surface area contributed by atoms with E-state index in [1.807, 2.05) is 77.6 Å². The molecule has 2 aliphatic heterocycles. The Kier molecular flexibility index (Phi) is 17.3. The van der Waals surface area contributed by atoms with E-state index in [2.05, 4.69) is 83.1 Å². The highest BCUT2D eigenvalue weighted by molar-refractivity contribution is 5.95. The number of fused-ring (bicyclic) bond motifs is 3. The predicted molar refractivity (Wildman–Crippen MR) is 328 cm³/mol. The van der Waals surface area contributed by atoms with E-state index in [9.17, 15) is 24.9 Å². The summed E-state index contributed by atoms with van der Waals surface area (Å²) in [6, 6.07) is 31.2. The van der Waals surface area contributed by atoms with Crippen molar-refractivity contribution in [1.29, 1.82) is 0 Å². The third-order valence-electron chi connectivity index (χ3n) is 17.8. The zero-order valence-electron chi connectivity index (χ0n) is 48.3. The second kappa shape index (κ2) is 25.4. The molecule has 0 saturated heterocycles. The summed E-state index contributed by atoms with van der Waals surface area (Å²) in [4.78, 5) is 48.0. The molecule has 4 aliphatic rings. The first kappa shape index (κ1) is 57.1. The zero-order chi connectivity index (χ0) is 58.3. The van der Waals surface area contributed by atoms with Gasteiger partial charge in [-0.05, 0) is 144 Å². The summed E-state index contributed by atoms with van der Waals surface area (Å²) in [6.45, 7) is 4.54. The molecule has 4 bridgehead atoms. The van der Waals surface area contributed by atoms with Crippen molar-refractivity contribution in [3.05, 3.63) is 209 Å². The number of hydrogen-bond acceptors (Lipinski definition) is 11. The summed E-state index contributed by atoms with van der Waals surface area (Å²) < 4.78 is 20.5. The summed E-state index contributed by atoms with van der Waals surface area (Å²) in [7, 11) is 1.49. The van der Waals surface area contributed by atoms with Crippen LogP contribution in [0.15, 0.2) is 176 Å². The first-order valence-corrected chi connectivity index (χ1v) is 29.8. The Morgan fingerprint density at radius 2 is 1.62 bits per heavy atom. The molecule has 0 unspecified atom stereocenters. The highest BCUT2D eigenvalue weighted by atomic mass is 16.5. The van der Waals surface area contributed by atoms with Gasteiger partial charge in [-0.3, -0.25) is 14.4 Å². The number of dihydropyridines is 1. The second-order valence-electron chi connectivity index (χ2n) is 23.5. The van der Waals surface area contributed by atoms with E-state index in [0.29, 0.717) is 62.9 Å². The van der Waals surface area contributed by atoms with Crippen molar-refractivity contribution < 1.29 is 43.9 Å². The van der Waals surface area contributed by atoms with Crippen LogP contribution >= 0.6 is 0 Å². The lowest BCUT2D eigenvalue weighted by molar-refractivity contribution is -0.148. The van der Waals surface area contributed by atoms with E-state index >= 15 is 4.79 Å². The summed E-state index contributed by atoms with van der Waals surface area (Å²) in [6.07, 6.45) is 28.9. The third-order valence-corrected chi connectivity index (χ3v) is 17.8. The molecule has 5 aromatic carbocycles. The van der Waals surface area contributed by atoms with Gasteiger partial charge in [0, 0.05) is 92.7 Å². The van der Waals surface area contributed by atoms with Crippen molar-refractivity contribution in [3.8, 4) is 34.5 Å². The number of ketones is 2. The SMILES string of the molecule is COc1cc([C@@H]2CC(=O)C[C@H](OC(C)=O)CC[C@@]3(C=CC=C[C@@H]3C)Cc3c[nH]cc3C[C@@H](c3cccc(O)c3)C3=CCNC(=C3)N(CCC(=O)C3CCCCC3)c3cccc4cn2cc34)cc(O)c1Oc1cc(O)cc(Cc2ccccc2)c1. The van der Waals surface area contributed by atoms with E-state index in [-0.39, 0.29) is 70.9 Å². The molecule has 0 amide bonds. The average molecular weight is 1130 g/mol. The number of carbonyl (C=O) groups is 3. The molecule has 4 heterocycles. The van der Waals surface area contributed by atoms with Crippen LogP contribution < -0.4 is 19.7 Å². The van der Waals surface area contributed by atoms with Crippen molar-refractivity contribution in [2.45, 2.75) is 115 Å². The van der Waals surface area contributed by atoms with Gasteiger partial charge < -0.3 is 49.3 Å². The largest absolute Gasteiger partial charge is 0.508 e.